The normalized spacial score (nSPS) is 18.6. The summed E-state index contributed by atoms with van der Waals surface area (Å²) in [4.78, 5) is 47.3. The summed E-state index contributed by atoms with van der Waals surface area (Å²) in [6, 6.07) is -2.06. The van der Waals surface area contributed by atoms with Crippen LogP contribution in [0.5, 0.6) is 0 Å². The lowest BCUT2D eigenvalue weighted by Gasteiger charge is -2.26. The highest BCUT2D eigenvalue weighted by molar-refractivity contribution is 7.59. The summed E-state index contributed by atoms with van der Waals surface area (Å²) < 4.78 is 46.4. The topological polar surface area (TPSA) is 213 Å². The van der Waals surface area contributed by atoms with Crippen molar-refractivity contribution in [2.45, 2.75) is 84.2 Å². The van der Waals surface area contributed by atoms with E-state index in [9.17, 15) is 24.1 Å². The van der Waals surface area contributed by atoms with Gasteiger partial charge in [-0.3, -0.25) is 28.5 Å². The third-order valence-corrected chi connectivity index (χ3v) is 8.90. The first-order valence-corrected chi connectivity index (χ1v) is 15.7. The first-order valence-electron chi connectivity index (χ1n) is 13.8. The number of carbonyl (C=O) groups excluding carboxylic acids is 2. The molecule has 2 aromatic rings. The molecule has 3 rings (SSSR count). The van der Waals surface area contributed by atoms with E-state index in [-0.39, 0.29) is 48.7 Å². The Hall–Kier alpha value is -3.33. The number of halogens is 1. The molecule has 2 aromatic heterocycles. The summed E-state index contributed by atoms with van der Waals surface area (Å²) >= 11 is 0. The van der Waals surface area contributed by atoms with Gasteiger partial charge in [0.15, 0.2) is 23.1 Å². The van der Waals surface area contributed by atoms with E-state index >= 15 is 4.39 Å². The van der Waals surface area contributed by atoms with Gasteiger partial charge in [-0.15, -0.1) is 0 Å². The van der Waals surface area contributed by atoms with Gasteiger partial charge in [-0.05, 0) is 26.7 Å². The van der Waals surface area contributed by atoms with Crippen LogP contribution in [0.1, 0.15) is 66.0 Å². The number of nitrogens with zero attached hydrogens (tertiary/aromatic N) is 3. The molecule has 0 aromatic carbocycles. The summed E-state index contributed by atoms with van der Waals surface area (Å²) in [5, 5.41) is 16.0. The number of nitrogens with two attached hydrogens (primary N) is 1. The number of hydrogen-bond acceptors (Lipinski definition) is 11. The van der Waals surface area contributed by atoms with E-state index in [1.54, 1.807) is 0 Å². The predicted molar refractivity (Wildman–Crippen MR) is 151 cm³/mol. The van der Waals surface area contributed by atoms with Crippen molar-refractivity contribution in [1.29, 1.82) is 0 Å². The molecule has 0 radical (unpaired) electrons. The molecule has 4 atom stereocenters. The minimum absolute atomic E-state index is 0.0332. The monoisotopic (exact) mass is 615 g/mol. The first-order chi connectivity index (χ1) is 19.9. The van der Waals surface area contributed by atoms with Gasteiger partial charge in [-0.2, -0.15) is 4.98 Å². The van der Waals surface area contributed by atoms with Gasteiger partial charge in [0.05, 0.1) is 13.2 Å². The molecule has 1 aliphatic heterocycles. The van der Waals surface area contributed by atoms with E-state index in [0.717, 1.165) is 23.7 Å². The average molecular weight is 616 g/mol. The Morgan fingerprint density at radius 3 is 2.31 bits per heavy atom. The number of fused-ring (bicyclic) bond motifs is 1. The van der Waals surface area contributed by atoms with Crippen molar-refractivity contribution in [2.24, 2.45) is 0 Å². The number of imidazole rings is 1. The average Bonchev–Trinajstić information content (AvgIpc) is 3.48. The second kappa shape index (κ2) is 14.7. The number of hydrogen-bond donors (Lipinski definition) is 5. The number of esters is 2. The fourth-order valence-corrected chi connectivity index (χ4v) is 6.43. The number of ether oxygens (including phenoxy) is 3. The zero-order valence-corrected chi connectivity index (χ0v) is 25.0. The van der Waals surface area contributed by atoms with Gasteiger partial charge in [0.25, 0.3) is 5.56 Å². The van der Waals surface area contributed by atoms with Gasteiger partial charge in [0.2, 0.25) is 19.6 Å². The lowest BCUT2D eigenvalue weighted by atomic mass is 10.2. The number of H-pyrrole nitrogens is 1. The fourth-order valence-electron chi connectivity index (χ4n) is 4.11. The second-order valence-corrected chi connectivity index (χ2v) is 12.4. The van der Waals surface area contributed by atoms with Gasteiger partial charge in [0.1, 0.15) is 24.2 Å². The highest BCUT2D eigenvalue weighted by atomic mass is 31.2. The molecule has 0 spiro atoms. The van der Waals surface area contributed by atoms with E-state index in [0.29, 0.717) is 12.8 Å². The Kier molecular flexibility index (Phi) is 11.6. The van der Waals surface area contributed by atoms with Crippen molar-refractivity contribution in [2.75, 3.05) is 25.1 Å². The number of aromatic amines is 1. The smallest absolute Gasteiger partial charge is 0.323 e. The fraction of sp³-hybridized carbons (Fsp3) is 0.640. The molecule has 234 valence electrons. The van der Waals surface area contributed by atoms with Crippen molar-refractivity contribution in [1.82, 2.24) is 29.7 Å². The Labute approximate surface area is 241 Å². The molecule has 0 aliphatic carbocycles. The first kappa shape index (κ1) is 33.2. The number of nitrogens with one attached hydrogen (secondary N) is 3. The Morgan fingerprint density at radius 2 is 1.76 bits per heavy atom. The standard InChI is InChI=1S/C25H39FN7O8P/c1-5-7-10-39-23(36)14(3)31-42(38,32-15(4)24(37)40-11-8-6-2)12-9-16-17(26)19(34)22(41-16)33-13-28-18-20(33)29-25(27)30-21(18)35/h13-15,19,22,34H,5-12H2,1-4H3,(H2,31,32,38)(H3,27,29,30,35)/t14-,15-,19+,22+/m0/s1. The number of aliphatic hydroxyl groups is 1. The zero-order chi connectivity index (χ0) is 31.0. The number of unbranched alkanes of at least 4 members (excludes halogenated alkanes) is 2. The van der Waals surface area contributed by atoms with E-state index in [1.165, 1.54) is 13.8 Å². The van der Waals surface area contributed by atoms with E-state index < -0.39 is 55.2 Å². The summed E-state index contributed by atoms with van der Waals surface area (Å²) in [7, 11) is -3.81. The van der Waals surface area contributed by atoms with Crippen molar-refractivity contribution >= 4 is 36.5 Å². The third-order valence-electron chi connectivity index (χ3n) is 6.43. The van der Waals surface area contributed by atoms with Crippen molar-refractivity contribution in [3.63, 3.8) is 0 Å². The van der Waals surface area contributed by atoms with Crippen LogP contribution in [0.4, 0.5) is 10.3 Å². The minimum atomic E-state index is -3.81. The number of anilines is 1. The number of aliphatic hydroxyl groups excluding tert-OH is 1. The molecule has 15 nitrogen and oxygen atoms in total. The largest absolute Gasteiger partial charge is 0.468 e. The Balaban J connectivity index is 1.77. The summed E-state index contributed by atoms with van der Waals surface area (Å²) in [5.41, 5.74) is 4.87. The molecule has 0 unspecified atom stereocenters. The lowest BCUT2D eigenvalue weighted by Crippen LogP contribution is -2.42. The third kappa shape index (κ3) is 8.15. The number of rotatable bonds is 16. The van der Waals surface area contributed by atoms with Crippen LogP contribution in [-0.2, 0) is 28.4 Å². The molecule has 42 heavy (non-hydrogen) atoms. The number of aromatic nitrogens is 4. The van der Waals surface area contributed by atoms with E-state index in [1.807, 2.05) is 13.8 Å². The quantitative estimate of drug-likeness (QED) is 0.104. The van der Waals surface area contributed by atoms with Crippen LogP contribution in [-0.4, -0.2) is 74.1 Å². The molecule has 0 saturated heterocycles. The van der Waals surface area contributed by atoms with E-state index in [4.69, 9.17) is 19.9 Å². The van der Waals surface area contributed by atoms with E-state index in [2.05, 4.69) is 25.1 Å². The van der Waals surface area contributed by atoms with Crippen molar-refractivity contribution in [3.8, 4) is 0 Å². The zero-order valence-electron chi connectivity index (χ0n) is 24.1. The second-order valence-electron chi connectivity index (χ2n) is 9.96. The van der Waals surface area contributed by atoms with Crippen LogP contribution < -0.4 is 21.5 Å². The molecule has 1 aliphatic rings. The number of carbonyl (C=O) groups is 2. The number of allylic oxidation sites excluding steroid dienone is 1. The highest BCUT2D eigenvalue weighted by Gasteiger charge is 2.40. The summed E-state index contributed by atoms with van der Waals surface area (Å²) in [5.74, 6) is -2.83. The van der Waals surface area contributed by atoms with Crippen LogP contribution in [0.2, 0.25) is 0 Å². The SMILES string of the molecule is CCCCOC(=O)[C@H](C)NP(=O)(CCC1=C(F)[C@@H](O)[C@H](n2cnc3c(=O)[nH]c(N)nc32)O1)N[C@@H](C)C(=O)OCCCC. The number of nitrogen functional groups attached to an aromatic ring is 1. The molecule has 17 heteroatoms. The molecular formula is C25H39FN7O8P. The van der Waals surface area contributed by atoms with Crippen molar-refractivity contribution < 1.29 is 37.9 Å². The summed E-state index contributed by atoms with van der Waals surface area (Å²) in [6.07, 6.45) is 0.321. The molecule has 0 amide bonds. The lowest BCUT2D eigenvalue weighted by molar-refractivity contribution is -0.145. The van der Waals surface area contributed by atoms with Gasteiger partial charge in [-0.1, -0.05) is 26.7 Å². The van der Waals surface area contributed by atoms with Crippen LogP contribution in [0.3, 0.4) is 0 Å². The molecule has 0 fully saturated rings. The maximum atomic E-state index is 15.2. The van der Waals surface area contributed by atoms with Crippen molar-refractivity contribution in [3.05, 3.63) is 28.3 Å². The molecular weight excluding hydrogens is 576 g/mol. The van der Waals surface area contributed by atoms with Gasteiger partial charge >= 0.3 is 11.9 Å². The van der Waals surface area contributed by atoms with Crippen LogP contribution in [0.15, 0.2) is 22.7 Å². The molecule has 0 bridgehead atoms. The predicted octanol–water partition coefficient (Wildman–Crippen LogP) is 2.00. The van der Waals surface area contributed by atoms with Crippen LogP contribution in [0.25, 0.3) is 11.2 Å². The van der Waals surface area contributed by atoms with Crippen LogP contribution in [0, 0.1) is 0 Å². The maximum absolute atomic E-state index is 15.2. The Bertz CT molecular complexity index is 1360. The maximum Gasteiger partial charge on any atom is 0.323 e. The van der Waals surface area contributed by atoms with Gasteiger partial charge in [-0.25, -0.2) is 19.5 Å². The molecule has 6 N–H and O–H groups in total. The summed E-state index contributed by atoms with van der Waals surface area (Å²) in [6.45, 7) is 7.19. The molecule has 3 heterocycles. The Morgan fingerprint density at radius 1 is 1.19 bits per heavy atom. The van der Waals surface area contributed by atoms with Gasteiger partial charge in [0, 0.05) is 12.6 Å². The van der Waals surface area contributed by atoms with Gasteiger partial charge < -0.3 is 25.1 Å². The minimum Gasteiger partial charge on any atom is -0.468 e. The van der Waals surface area contributed by atoms with Crippen LogP contribution >= 0.6 is 7.44 Å². The molecule has 0 saturated carbocycles. The highest BCUT2D eigenvalue weighted by Crippen LogP contribution is 2.43.